The summed E-state index contributed by atoms with van der Waals surface area (Å²) in [5.74, 6) is 0. The Labute approximate surface area is 112 Å². The summed E-state index contributed by atoms with van der Waals surface area (Å²) >= 11 is 9.54. The average Bonchev–Trinajstić information content (AvgIpc) is 2.74. The van der Waals surface area contributed by atoms with Crippen molar-refractivity contribution in [2.24, 2.45) is 0 Å². The summed E-state index contributed by atoms with van der Waals surface area (Å²) in [6.45, 7) is 0. The number of rotatable bonds is 1. The molecule has 2 nitrogen and oxygen atoms in total. The second-order valence-electron chi connectivity index (χ2n) is 3.73. The molecule has 2 aromatic heterocycles. The van der Waals surface area contributed by atoms with E-state index in [0.717, 1.165) is 21.2 Å². The van der Waals surface area contributed by atoms with Gasteiger partial charge in [0.05, 0.1) is 11.2 Å². The molecular weight excluding hydrogens is 300 g/mol. The monoisotopic (exact) mass is 306 g/mol. The Morgan fingerprint density at radius 1 is 1.06 bits per heavy atom. The summed E-state index contributed by atoms with van der Waals surface area (Å²) in [5.41, 5.74) is 2.98. The zero-order valence-electron chi connectivity index (χ0n) is 8.77. The van der Waals surface area contributed by atoms with Crippen molar-refractivity contribution in [1.29, 1.82) is 0 Å². The maximum absolute atomic E-state index is 6.08. The first kappa shape index (κ1) is 10.8. The molecule has 1 aromatic carbocycles. The molecule has 0 unspecified atom stereocenters. The van der Waals surface area contributed by atoms with E-state index in [9.17, 15) is 0 Å². The number of hydrogen-bond donors (Lipinski definition) is 0. The lowest BCUT2D eigenvalue weighted by atomic mass is 10.1. The maximum Gasteiger partial charge on any atom is 0.131 e. The van der Waals surface area contributed by atoms with E-state index < -0.39 is 0 Å². The first-order chi connectivity index (χ1) is 8.24. The Hall–Kier alpha value is -1.32. The molecular formula is C13H8BrClN2. The Bertz CT molecular complexity index is 691. The van der Waals surface area contributed by atoms with Crippen molar-refractivity contribution >= 4 is 33.0 Å². The molecule has 0 atom stereocenters. The van der Waals surface area contributed by atoms with Crippen molar-refractivity contribution in [2.45, 2.75) is 0 Å². The predicted octanol–water partition coefficient (Wildman–Crippen LogP) is 4.42. The fraction of sp³-hybridized carbons (Fsp3) is 0. The first-order valence-electron chi connectivity index (χ1n) is 5.14. The van der Waals surface area contributed by atoms with Gasteiger partial charge in [-0.25, -0.2) is 4.52 Å². The van der Waals surface area contributed by atoms with Gasteiger partial charge in [-0.2, -0.15) is 5.10 Å². The van der Waals surface area contributed by atoms with Crippen LogP contribution in [-0.2, 0) is 0 Å². The first-order valence-corrected chi connectivity index (χ1v) is 6.31. The third-order valence-corrected chi connectivity index (χ3v) is 3.34. The van der Waals surface area contributed by atoms with Gasteiger partial charge in [0.1, 0.15) is 5.15 Å². The highest BCUT2D eigenvalue weighted by molar-refractivity contribution is 9.10. The van der Waals surface area contributed by atoms with Gasteiger partial charge in [-0.15, -0.1) is 0 Å². The number of nitrogens with zero attached hydrogens (tertiary/aromatic N) is 2. The van der Waals surface area contributed by atoms with Crippen molar-refractivity contribution in [1.82, 2.24) is 9.61 Å². The summed E-state index contributed by atoms with van der Waals surface area (Å²) in [5, 5.41) is 5.10. The molecule has 0 bridgehead atoms. The molecule has 4 heteroatoms. The van der Waals surface area contributed by atoms with Gasteiger partial charge in [0.15, 0.2) is 0 Å². The van der Waals surface area contributed by atoms with Gasteiger partial charge in [0.2, 0.25) is 0 Å². The van der Waals surface area contributed by atoms with Gasteiger partial charge in [0.25, 0.3) is 0 Å². The molecule has 0 saturated carbocycles. The lowest BCUT2D eigenvalue weighted by Gasteiger charge is -1.96. The topological polar surface area (TPSA) is 17.3 Å². The summed E-state index contributed by atoms with van der Waals surface area (Å²) in [6, 6.07) is 15.8. The molecule has 84 valence electrons. The molecule has 0 amide bonds. The molecule has 0 aliphatic rings. The van der Waals surface area contributed by atoms with Crippen molar-refractivity contribution in [3.8, 4) is 11.3 Å². The number of aromatic nitrogens is 2. The normalized spacial score (nSPS) is 10.9. The third kappa shape index (κ3) is 1.96. The van der Waals surface area contributed by atoms with Crippen LogP contribution in [0.25, 0.3) is 16.8 Å². The minimum atomic E-state index is 0.615. The van der Waals surface area contributed by atoms with Crippen molar-refractivity contribution < 1.29 is 0 Å². The van der Waals surface area contributed by atoms with Crippen LogP contribution in [0.3, 0.4) is 0 Å². The molecule has 0 spiro atoms. The molecule has 17 heavy (non-hydrogen) atoms. The molecule has 3 rings (SSSR count). The quantitative estimate of drug-likeness (QED) is 0.608. The number of hydrogen-bond acceptors (Lipinski definition) is 1. The van der Waals surface area contributed by atoms with E-state index in [4.69, 9.17) is 11.6 Å². The van der Waals surface area contributed by atoms with Crippen LogP contribution in [0.15, 0.2) is 53.0 Å². The smallest absolute Gasteiger partial charge is 0.131 e. The molecule has 0 N–H and O–H groups in total. The number of fused-ring (bicyclic) bond motifs is 1. The lowest BCUT2D eigenvalue weighted by molar-refractivity contribution is 0.966. The number of halogens is 2. The van der Waals surface area contributed by atoms with E-state index in [1.165, 1.54) is 0 Å². The Morgan fingerprint density at radius 2 is 1.88 bits per heavy atom. The summed E-state index contributed by atoms with van der Waals surface area (Å²) in [6.07, 6.45) is 0. The standard InChI is InChI=1S/C13H8BrClN2/c14-10-4-1-3-9(7-10)12-8-11-5-2-6-13(15)17(11)16-12/h1-8H. The van der Waals surface area contributed by atoms with Gasteiger partial charge in [-0.3, -0.25) is 0 Å². The molecule has 0 aliphatic heterocycles. The van der Waals surface area contributed by atoms with E-state index in [0.29, 0.717) is 5.15 Å². The van der Waals surface area contributed by atoms with E-state index in [1.807, 2.05) is 48.5 Å². The van der Waals surface area contributed by atoms with Gasteiger partial charge in [-0.1, -0.05) is 45.7 Å². The average molecular weight is 308 g/mol. The van der Waals surface area contributed by atoms with Crippen LogP contribution >= 0.6 is 27.5 Å². The number of benzene rings is 1. The van der Waals surface area contributed by atoms with Crippen LogP contribution in [0.2, 0.25) is 5.15 Å². The van der Waals surface area contributed by atoms with Crippen LogP contribution in [0, 0.1) is 0 Å². The summed E-state index contributed by atoms with van der Waals surface area (Å²) in [4.78, 5) is 0. The Balaban J connectivity index is 2.22. The Kier molecular flexibility index (Phi) is 2.65. The highest BCUT2D eigenvalue weighted by Gasteiger charge is 2.06. The van der Waals surface area contributed by atoms with Crippen LogP contribution in [-0.4, -0.2) is 9.61 Å². The molecule has 0 aliphatic carbocycles. The second kappa shape index (κ2) is 4.17. The predicted molar refractivity (Wildman–Crippen MR) is 73.3 cm³/mol. The van der Waals surface area contributed by atoms with Crippen molar-refractivity contribution in [2.75, 3.05) is 0 Å². The van der Waals surface area contributed by atoms with Gasteiger partial charge in [0, 0.05) is 10.0 Å². The van der Waals surface area contributed by atoms with Gasteiger partial charge < -0.3 is 0 Å². The van der Waals surface area contributed by atoms with E-state index in [2.05, 4.69) is 21.0 Å². The molecule has 0 fully saturated rings. The summed E-state index contributed by atoms with van der Waals surface area (Å²) in [7, 11) is 0. The van der Waals surface area contributed by atoms with E-state index in [-0.39, 0.29) is 0 Å². The molecule has 3 aromatic rings. The summed E-state index contributed by atoms with van der Waals surface area (Å²) < 4.78 is 2.77. The van der Waals surface area contributed by atoms with Crippen molar-refractivity contribution in [3.05, 3.63) is 58.2 Å². The SMILES string of the molecule is Clc1cccc2cc(-c3cccc(Br)c3)nn12. The maximum atomic E-state index is 6.08. The molecule has 0 radical (unpaired) electrons. The fourth-order valence-electron chi connectivity index (χ4n) is 1.77. The van der Waals surface area contributed by atoms with Crippen molar-refractivity contribution in [3.63, 3.8) is 0 Å². The minimum absolute atomic E-state index is 0.615. The van der Waals surface area contributed by atoms with Crippen LogP contribution in [0.1, 0.15) is 0 Å². The van der Waals surface area contributed by atoms with E-state index in [1.54, 1.807) is 4.52 Å². The highest BCUT2D eigenvalue weighted by Crippen LogP contribution is 2.24. The minimum Gasteiger partial charge on any atom is -0.222 e. The second-order valence-corrected chi connectivity index (χ2v) is 5.03. The van der Waals surface area contributed by atoms with E-state index >= 15 is 0 Å². The zero-order valence-corrected chi connectivity index (χ0v) is 11.1. The lowest BCUT2D eigenvalue weighted by Crippen LogP contribution is -1.88. The van der Waals surface area contributed by atoms with Crippen LogP contribution in [0.5, 0.6) is 0 Å². The number of pyridine rings is 1. The molecule has 2 heterocycles. The van der Waals surface area contributed by atoms with Crippen LogP contribution in [0.4, 0.5) is 0 Å². The zero-order chi connectivity index (χ0) is 11.8. The largest absolute Gasteiger partial charge is 0.222 e. The van der Waals surface area contributed by atoms with Gasteiger partial charge >= 0.3 is 0 Å². The molecule has 0 saturated heterocycles. The van der Waals surface area contributed by atoms with Crippen LogP contribution < -0.4 is 0 Å². The third-order valence-electron chi connectivity index (χ3n) is 2.56. The fourth-order valence-corrected chi connectivity index (χ4v) is 2.38. The van der Waals surface area contributed by atoms with Gasteiger partial charge in [-0.05, 0) is 30.3 Å². The highest BCUT2D eigenvalue weighted by atomic mass is 79.9. The Morgan fingerprint density at radius 3 is 2.65 bits per heavy atom.